The predicted octanol–water partition coefficient (Wildman–Crippen LogP) is 2.50. The third kappa shape index (κ3) is 1.53. The van der Waals surface area contributed by atoms with Gasteiger partial charge in [0.2, 0.25) is 0 Å². The van der Waals surface area contributed by atoms with Gasteiger partial charge in [0, 0.05) is 5.92 Å². The molecule has 0 amide bonds. The lowest BCUT2D eigenvalue weighted by atomic mass is 9.50. The number of fused-ring (bicyclic) bond motifs is 2. The smallest absolute Gasteiger partial charge is 0.0648 e. The molecule has 3 aliphatic rings. The molecule has 0 saturated heterocycles. The Morgan fingerprint density at radius 1 is 1.18 bits per heavy atom. The zero-order valence-corrected chi connectivity index (χ0v) is 11.2. The first-order valence-corrected chi connectivity index (χ1v) is 6.87. The fourth-order valence-corrected chi connectivity index (χ4v) is 4.95. The van der Waals surface area contributed by atoms with E-state index in [4.69, 9.17) is 0 Å². The molecule has 0 spiro atoms. The van der Waals surface area contributed by atoms with Gasteiger partial charge in [0.05, 0.1) is 12.7 Å². The van der Waals surface area contributed by atoms with Gasteiger partial charge in [0.1, 0.15) is 0 Å². The summed E-state index contributed by atoms with van der Waals surface area (Å²) >= 11 is 0. The maximum absolute atomic E-state index is 10.0. The van der Waals surface area contributed by atoms with Gasteiger partial charge in [-0.25, -0.2) is 0 Å². The molecule has 96 valence electrons. The van der Waals surface area contributed by atoms with Crippen molar-refractivity contribution in [1.29, 1.82) is 0 Å². The summed E-state index contributed by atoms with van der Waals surface area (Å²) in [7, 11) is 0. The van der Waals surface area contributed by atoms with Gasteiger partial charge in [-0.3, -0.25) is 0 Å². The molecule has 2 saturated carbocycles. The van der Waals surface area contributed by atoms with Crippen molar-refractivity contribution < 1.29 is 10.2 Å². The number of aliphatic hydroxyl groups is 2. The molecule has 0 aromatic rings. The minimum atomic E-state index is -0.209. The van der Waals surface area contributed by atoms with Crippen LogP contribution in [0.4, 0.5) is 0 Å². The van der Waals surface area contributed by atoms with Crippen molar-refractivity contribution in [2.24, 2.45) is 22.7 Å². The summed E-state index contributed by atoms with van der Waals surface area (Å²) in [5, 5.41) is 19.7. The normalized spacial score (nSPS) is 47.5. The molecular weight excluding hydrogens is 212 g/mol. The van der Waals surface area contributed by atoms with Crippen LogP contribution in [-0.2, 0) is 0 Å². The Morgan fingerprint density at radius 2 is 1.88 bits per heavy atom. The maximum Gasteiger partial charge on any atom is 0.0648 e. The fraction of sp³-hybridized carbons (Fsp3) is 0.867. The quantitative estimate of drug-likeness (QED) is 0.687. The van der Waals surface area contributed by atoms with Crippen LogP contribution in [0, 0.1) is 22.7 Å². The van der Waals surface area contributed by atoms with Gasteiger partial charge in [-0.1, -0.05) is 26.3 Å². The third-order valence-electron chi connectivity index (χ3n) is 5.44. The monoisotopic (exact) mass is 236 g/mol. The summed E-state index contributed by atoms with van der Waals surface area (Å²) in [4.78, 5) is 0. The zero-order chi connectivity index (χ0) is 12.4. The van der Waals surface area contributed by atoms with Gasteiger partial charge in [0.25, 0.3) is 0 Å². The maximum atomic E-state index is 10.0. The van der Waals surface area contributed by atoms with Crippen LogP contribution in [0.15, 0.2) is 11.1 Å². The van der Waals surface area contributed by atoms with Crippen molar-refractivity contribution in [2.45, 2.75) is 52.6 Å². The molecule has 4 atom stereocenters. The SMILES string of the molecule is CC1(C)CC2=C(CO)[C@H]3[C@H](O)C[C@@]3(C)C[C@@H]2C1. The van der Waals surface area contributed by atoms with Crippen molar-refractivity contribution >= 4 is 0 Å². The molecule has 0 bridgehead atoms. The van der Waals surface area contributed by atoms with E-state index >= 15 is 0 Å². The van der Waals surface area contributed by atoms with Gasteiger partial charge < -0.3 is 10.2 Å². The molecule has 2 nitrogen and oxygen atoms in total. The van der Waals surface area contributed by atoms with Gasteiger partial charge in [0.15, 0.2) is 0 Å². The average molecular weight is 236 g/mol. The third-order valence-corrected chi connectivity index (χ3v) is 5.44. The summed E-state index contributed by atoms with van der Waals surface area (Å²) < 4.78 is 0. The molecule has 2 heteroatoms. The molecule has 0 aromatic heterocycles. The first kappa shape index (κ1) is 11.7. The van der Waals surface area contributed by atoms with Gasteiger partial charge in [-0.2, -0.15) is 0 Å². The van der Waals surface area contributed by atoms with Gasteiger partial charge in [-0.05, 0) is 48.0 Å². The second-order valence-electron chi connectivity index (χ2n) is 7.56. The summed E-state index contributed by atoms with van der Waals surface area (Å²) in [5.41, 5.74) is 3.31. The molecule has 0 unspecified atom stereocenters. The van der Waals surface area contributed by atoms with Crippen LogP contribution in [0.5, 0.6) is 0 Å². The van der Waals surface area contributed by atoms with Crippen molar-refractivity contribution in [3.8, 4) is 0 Å². The largest absolute Gasteiger partial charge is 0.392 e. The first-order chi connectivity index (χ1) is 7.86. The second kappa shape index (κ2) is 3.36. The molecule has 3 aliphatic carbocycles. The van der Waals surface area contributed by atoms with E-state index in [1.165, 1.54) is 24.0 Å². The Morgan fingerprint density at radius 3 is 2.47 bits per heavy atom. The van der Waals surface area contributed by atoms with Crippen LogP contribution in [0.25, 0.3) is 0 Å². The van der Waals surface area contributed by atoms with Crippen molar-refractivity contribution in [1.82, 2.24) is 0 Å². The minimum Gasteiger partial charge on any atom is -0.392 e. The number of allylic oxidation sites excluding steroid dienone is 1. The first-order valence-electron chi connectivity index (χ1n) is 6.87. The molecule has 17 heavy (non-hydrogen) atoms. The highest BCUT2D eigenvalue weighted by atomic mass is 16.3. The van der Waals surface area contributed by atoms with Crippen LogP contribution < -0.4 is 0 Å². The van der Waals surface area contributed by atoms with Crippen molar-refractivity contribution in [3.05, 3.63) is 11.1 Å². The topological polar surface area (TPSA) is 40.5 Å². The van der Waals surface area contributed by atoms with E-state index in [2.05, 4.69) is 20.8 Å². The van der Waals surface area contributed by atoms with E-state index in [0.29, 0.717) is 11.3 Å². The molecule has 0 radical (unpaired) electrons. The highest BCUT2D eigenvalue weighted by molar-refractivity contribution is 5.34. The number of hydrogen-bond acceptors (Lipinski definition) is 2. The second-order valence-corrected chi connectivity index (χ2v) is 7.56. The number of rotatable bonds is 1. The lowest BCUT2D eigenvalue weighted by Gasteiger charge is -2.56. The molecule has 0 heterocycles. The molecular formula is C15H24O2. The van der Waals surface area contributed by atoms with Crippen LogP contribution in [0.1, 0.15) is 46.5 Å². The Labute approximate surface area is 104 Å². The average Bonchev–Trinajstić information content (AvgIpc) is 2.48. The van der Waals surface area contributed by atoms with E-state index in [-0.39, 0.29) is 24.0 Å². The number of aliphatic hydroxyl groups excluding tert-OH is 2. The Hall–Kier alpha value is -0.340. The Bertz CT molecular complexity index is 382. The van der Waals surface area contributed by atoms with E-state index in [1.807, 2.05) is 0 Å². The molecule has 2 N–H and O–H groups in total. The van der Waals surface area contributed by atoms with E-state index in [9.17, 15) is 10.2 Å². The highest BCUT2D eigenvalue weighted by Crippen LogP contribution is 2.63. The Kier molecular flexibility index (Phi) is 2.32. The zero-order valence-electron chi connectivity index (χ0n) is 11.2. The van der Waals surface area contributed by atoms with Crippen LogP contribution in [0.2, 0.25) is 0 Å². The number of hydrogen-bond donors (Lipinski definition) is 2. The molecule has 3 rings (SSSR count). The molecule has 2 fully saturated rings. The highest BCUT2D eigenvalue weighted by Gasteiger charge is 2.57. The van der Waals surface area contributed by atoms with Crippen LogP contribution in [0.3, 0.4) is 0 Å². The predicted molar refractivity (Wildman–Crippen MR) is 67.5 cm³/mol. The molecule has 0 aliphatic heterocycles. The summed E-state index contributed by atoms with van der Waals surface area (Å²) in [6.07, 6.45) is 4.30. The fourth-order valence-electron chi connectivity index (χ4n) is 4.95. The van der Waals surface area contributed by atoms with Gasteiger partial charge >= 0.3 is 0 Å². The molecule has 0 aromatic carbocycles. The minimum absolute atomic E-state index is 0.152. The standard InChI is InChI=1S/C15H24O2/c1-14(2)4-9-5-15(3)7-12(17)13(15)11(8-16)10(9)6-14/h9,12-13,16-17H,4-8H2,1-3H3/t9-,12+,13-,15+/m0/s1. The van der Waals surface area contributed by atoms with Crippen LogP contribution >= 0.6 is 0 Å². The van der Waals surface area contributed by atoms with E-state index in [1.54, 1.807) is 0 Å². The lowest BCUT2D eigenvalue weighted by Crippen LogP contribution is -2.54. The van der Waals surface area contributed by atoms with Crippen molar-refractivity contribution in [3.63, 3.8) is 0 Å². The summed E-state index contributed by atoms with van der Waals surface area (Å²) in [5.74, 6) is 0.911. The van der Waals surface area contributed by atoms with E-state index < -0.39 is 0 Å². The van der Waals surface area contributed by atoms with E-state index in [0.717, 1.165) is 12.8 Å². The van der Waals surface area contributed by atoms with Crippen LogP contribution in [-0.4, -0.2) is 22.9 Å². The lowest BCUT2D eigenvalue weighted by molar-refractivity contribution is -0.0988. The Balaban J connectivity index is 2.02. The summed E-state index contributed by atoms with van der Waals surface area (Å²) in [6.45, 7) is 7.10. The van der Waals surface area contributed by atoms with Gasteiger partial charge in [-0.15, -0.1) is 0 Å². The van der Waals surface area contributed by atoms with Crippen molar-refractivity contribution in [2.75, 3.05) is 6.61 Å². The summed E-state index contributed by atoms with van der Waals surface area (Å²) in [6, 6.07) is 0.